The Morgan fingerprint density at radius 1 is 1.28 bits per heavy atom. The highest BCUT2D eigenvalue weighted by atomic mass is 16.5. The molecule has 18 heavy (non-hydrogen) atoms. The minimum atomic E-state index is 0.606. The smallest absolute Gasteiger partial charge is 0.0471 e. The van der Waals surface area contributed by atoms with Crippen LogP contribution in [0, 0.1) is 11.3 Å². The molecule has 2 aliphatic rings. The molecular formula is C15H30N2O. The van der Waals surface area contributed by atoms with Gasteiger partial charge in [0.2, 0.25) is 0 Å². The molecule has 3 heteroatoms. The lowest BCUT2D eigenvalue weighted by Gasteiger charge is -2.33. The molecule has 0 aromatic rings. The summed E-state index contributed by atoms with van der Waals surface area (Å²) in [5.74, 6) is 0.770. The van der Waals surface area contributed by atoms with E-state index in [1.807, 2.05) is 0 Å². The van der Waals surface area contributed by atoms with Crippen LogP contribution in [0.3, 0.4) is 0 Å². The molecule has 1 unspecified atom stereocenters. The van der Waals surface area contributed by atoms with Gasteiger partial charge in [0.25, 0.3) is 0 Å². The first kappa shape index (κ1) is 14.3. The maximum atomic E-state index is 5.51. The molecular weight excluding hydrogens is 224 g/mol. The van der Waals surface area contributed by atoms with Crippen molar-refractivity contribution in [2.45, 2.75) is 39.5 Å². The second-order valence-corrected chi connectivity index (χ2v) is 6.41. The molecule has 0 aliphatic carbocycles. The second kappa shape index (κ2) is 6.88. The van der Waals surface area contributed by atoms with Crippen LogP contribution in [-0.2, 0) is 4.74 Å². The van der Waals surface area contributed by atoms with Gasteiger partial charge in [-0.1, -0.05) is 13.8 Å². The number of hydrogen-bond donors (Lipinski definition) is 1. The number of rotatable bonds is 6. The van der Waals surface area contributed by atoms with Crippen molar-refractivity contribution in [3.8, 4) is 0 Å². The summed E-state index contributed by atoms with van der Waals surface area (Å²) in [6.07, 6.45) is 5.20. The van der Waals surface area contributed by atoms with Crippen molar-refractivity contribution < 1.29 is 4.74 Å². The molecule has 0 saturated carbocycles. The first-order valence-electron chi connectivity index (χ1n) is 7.75. The standard InChI is InChI=1S/C15H30N2O/c1-3-7-16-11-14(2)12-17-8-4-15(13-17)5-9-18-10-6-15/h14,16H,3-13H2,1-2H3. The molecule has 1 atom stereocenters. The summed E-state index contributed by atoms with van der Waals surface area (Å²) in [5.41, 5.74) is 0.606. The highest BCUT2D eigenvalue weighted by molar-refractivity contribution is 4.91. The van der Waals surface area contributed by atoms with Crippen molar-refractivity contribution >= 4 is 0 Å². The molecule has 0 bridgehead atoms. The van der Waals surface area contributed by atoms with Crippen LogP contribution in [0.25, 0.3) is 0 Å². The van der Waals surface area contributed by atoms with E-state index in [2.05, 4.69) is 24.1 Å². The Kier molecular flexibility index (Phi) is 5.46. The number of nitrogens with zero attached hydrogens (tertiary/aromatic N) is 1. The topological polar surface area (TPSA) is 24.5 Å². The zero-order valence-electron chi connectivity index (χ0n) is 12.2. The van der Waals surface area contributed by atoms with Gasteiger partial charge in [-0.2, -0.15) is 0 Å². The van der Waals surface area contributed by atoms with Gasteiger partial charge < -0.3 is 15.0 Å². The molecule has 0 radical (unpaired) electrons. The van der Waals surface area contributed by atoms with E-state index in [-0.39, 0.29) is 0 Å². The quantitative estimate of drug-likeness (QED) is 0.735. The molecule has 0 aromatic carbocycles. The van der Waals surface area contributed by atoms with Gasteiger partial charge in [-0.15, -0.1) is 0 Å². The first-order valence-corrected chi connectivity index (χ1v) is 7.75. The van der Waals surface area contributed by atoms with E-state index in [9.17, 15) is 0 Å². The van der Waals surface area contributed by atoms with Crippen LogP contribution >= 0.6 is 0 Å². The van der Waals surface area contributed by atoms with E-state index in [1.54, 1.807) is 0 Å². The molecule has 1 N–H and O–H groups in total. The van der Waals surface area contributed by atoms with Gasteiger partial charge in [0.05, 0.1) is 0 Å². The summed E-state index contributed by atoms with van der Waals surface area (Å²) < 4.78 is 5.51. The molecule has 1 spiro atoms. The molecule has 2 fully saturated rings. The van der Waals surface area contributed by atoms with E-state index in [1.165, 1.54) is 51.9 Å². The van der Waals surface area contributed by atoms with Crippen LogP contribution in [0.15, 0.2) is 0 Å². The molecule has 2 rings (SSSR count). The summed E-state index contributed by atoms with van der Waals surface area (Å²) in [7, 11) is 0. The Hall–Kier alpha value is -0.120. The van der Waals surface area contributed by atoms with Gasteiger partial charge in [-0.25, -0.2) is 0 Å². The number of nitrogens with one attached hydrogen (secondary N) is 1. The van der Waals surface area contributed by atoms with E-state index in [4.69, 9.17) is 4.74 Å². The minimum absolute atomic E-state index is 0.606. The molecule has 3 nitrogen and oxygen atoms in total. The van der Waals surface area contributed by atoms with E-state index >= 15 is 0 Å². The summed E-state index contributed by atoms with van der Waals surface area (Å²) in [6.45, 7) is 12.8. The van der Waals surface area contributed by atoms with Gasteiger partial charge in [0, 0.05) is 26.3 Å². The second-order valence-electron chi connectivity index (χ2n) is 6.41. The first-order chi connectivity index (χ1) is 8.74. The normalized spacial score (nSPS) is 25.7. The lowest BCUT2D eigenvalue weighted by atomic mass is 9.80. The van der Waals surface area contributed by atoms with E-state index in [0.717, 1.165) is 25.7 Å². The van der Waals surface area contributed by atoms with E-state index < -0.39 is 0 Å². The fraction of sp³-hybridized carbons (Fsp3) is 1.00. The highest BCUT2D eigenvalue weighted by Gasteiger charge is 2.39. The third kappa shape index (κ3) is 3.94. The largest absolute Gasteiger partial charge is 0.381 e. The van der Waals surface area contributed by atoms with Crippen molar-refractivity contribution in [1.29, 1.82) is 0 Å². The number of hydrogen-bond acceptors (Lipinski definition) is 3. The Bertz CT molecular complexity index is 239. The van der Waals surface area contributed by atoms with Crippen LogP contribution < -0.4 is 5.32 Å². The number of ether oxygens (including phenoxy) is 1. The van der Waals surface area contributed by atoms with Crippen molar-refractivity contribution in [1.82, 2.24) is 10.2 Å². The van der Waals surface area contributed by atoms with Gasteiger partial charge in [0.1, 0.15) is 0 Å². The monoisotopic (exact) mass is 254 g/mol. The molecule has 0 amide bonds. The van der Waals surface area contributed by atoms with Crippen molar-refractivity contribution in [3.63, 3.8) is 0 Å². The van der Waals surface area contributed by atoms with Crippen LogP contribution in [0.2, 0.25) is 0 Å². The van der Waals surface area contributed by atoms with Gasteiger partial charge in [-0.3, -0.25) is 0 Å². The molecule has 2 aliphatic heterocycles. The fourth-order valence-corrected chi connectivity index (χ4v) is 3.43. The van der Waals surface area contributed by atoms with Crippen LogP contribution in [-0.4, -0.2) is 50.8 Å². The average molecular weight is 254 g/mol. The molecule has 2 saturated heterocycles. The van der Waals surface area contributed by atoms with Crippen LogP contribution in [0.5, 0.6) is 0 Å². The zero-order chi connectivity index (χ0) is 12.8. The zero-order valence-corrected chi connectivity index (χ0v) is 12.2. The maximum Gasteiger partial charge on any atom is 0.0471 e. The summed E-state index contributed by atoms with van der Waals surface area (Å²) >= 11 is 0. The van der Waals surface area contributed by atoms with Crippen molar-refractivity contribution in [2.75, 3.05) is 45.9 Å². The Labute approximate surface area is 112 Å². The van der Waals surface area contributed by atoms with E-state index in [0.29, 0.717) is 5.41 Å². The maximum absolute atomic E-state index is 5.51. The third-order valence-electron chi connectivity index (χ3n) is 4.56. The Morgan fingerprint density at radius 3 is 2.78 bits per heavy atom. The Morgan fingerprint density at radius 2 is 2.06 bits per heavy atom. The lowest BCUT2D eigenvalue weighted by molar-refractivity contribution is 0.0188. The highest BCUT2D eigenvalue weighted by Crippen LogP contribution is 2.39. The number of likely N-dealkylation sites (tertiary alicyclic amines) is 1. The Balaban J connectivity index is 1.68. The van der Waals surface area contributed by atoms with Gasteiger partial charge in [-0.05, 0) is 56.7 Å². The predicted molar refractivity (Wildman–Crippen MR) is 75.9 cm³/mol. The predicted octanol–water partition coefficient (Wildman–Crippen LogP) is 2.12. The minimum Gasteiger partial charge on any atom is -0.381 e. The lowest BCUT2D eigenvalue weighted by Crippen LogP contribution is -2.36. The SMILES string of the molecule is CCCNCC(C)CN1CCC2(CCOCC2)C1. The summed E-state index contributed by atoms with van der Waals surface area (Å²) in [6, 6.07) is 0. The molecule has 0 aromatic heterocycles. The van der Waals surface area contributed by atoms with Gasteiger partial charge in [0.15, 0.2) is 0 Å². The van der Waals surface area contributed by atoms with Crippen molar-refractivity contribution in [2.24, 2.45) is 11.3 Å². The fourth-order valence-electron chi connectivity index (χ4n) is 3.43. The molecule has 106 valence electrons. The average Bonchev–Trinajstić information content (AvgIpc) is 2.73. The third-order valence-corrected chi connectivity index (χ3v) is 4.56. The van der Waals surface area contributed by atoms with Crippen molar-refractivity contribution in [3.05, 3.63) is 0 Å². The summed E-state index contributed by atoms with van der Waals surface area (Å²) in [5, 5.41) is 3.53. The molecule has 2 heterocycles. The summed E-state index contributed by atoms with van der Waals surface area (Å²) in [4.78, 5) is 2.68. The van der Waals surface area contributed by atoms with Gasteiger partial charge >= 0.3 is 0 Å². The van der Waals surface area contributed by atoms with Crippen LogP contribution in [0.1, 0.15) is 39.5 Å². The van der Waals surface area contributed by atoms with Crippen LogP contribution in [0.4, 0.5) is 0 Å².